The van der Waals surface area contributed by atoms with Crippen molar-refractivity contribution < 1.29 is 9.47 Å². The SMILES string of the molecule is COc1cccc(-c2ccc3nc(C4CCN(CC5CCOCC5)CC4)nn3c2)c1. The topological polar surface area (TPSA) is 51.9 Å². The normalized spacial score (nSPS) is 19.4. The van der Waals surface area contributed by atoms with Gasteiger partial charge in [0, 0.05) is 37.4 Å². The second-order valence-corrected chi connectivity index (χ2v) is 8.55. The van der Waals surface area contributed by atoms with E-state index in [0.717, 1.165) is 73.4 Å². The summed E-state index contributed by atoms with van der Waals surface area (Å²) in [6.07, 6.45) is 6.78. The van der Waals surface area contributed by atoms with Gasteiger partial charge in [0.05, 0.1) is 7.11 Å². The van der Waals surface area contributed by atoms with E-state index < -0.39 is 0 Å². The van der Waals surface area contributed by atoms with Crippen molar-refractivity contribution in [1.29, 1.82) is 0 Å². The quantitative estimate of drug-likeness (QED) is 0.641. The summed E-state index contributed by atoms with van der Waals surface area (Å²) < 4.78 is 12.8. The Balaban J connectivity index is 1.26. The second-order valence-electron chi connectivity index (χ2n) is 8.55. The summed E-state index contributed by atoms with van der Waals surface area (Å²) in [7, 11) is 1.70. The minimum Gasteiger partial charge on any atom is -0.497 e. The van der Waals surface area contributed by atoms with Crippen LogP contribution in [0.15, 0.2) is 42.6 Å². The van der Waals surface area contributed by atoms with Crippen LogP contribution in [0.4, 0.5) is 0 Å². The maximum Gasteiger partial charge on any atom is 0.155 e. The summed E-state index contributed by atoms with van der Waals surface area (Å²) in [5, 5.41) is 4.85. The summed E-state index contributed by atoms with van der Waals surface area (Å²) in [4.78, 5) is 7.47. The molecule has 0 amide bonds. The first kappa shape index (κ1) is 19.5. The molecule has 0 N–H and O–H groups in total. The molecule has 0 saturated carbocycles. The Kier molecular flexibility index (Phi) is 5.69. The Morgan fingerprint density at radius 2 is 1.87 bits per heavy atom. The lowest BCUT2D eigenvalue weighted by Gasteiger charge is -2.34. The number of pyridine rings is 1. The summed E-state index contributed by atoms with van der Waals surface area (Å²) in [5.41, 5.74) is 3.15. The third-order valence-corrected chi connectivity index (χ3v) is 6.56. The average Bonchev–Trinajstić information content (AvgIpc) is 3.24. The molecular formula is C24H30N4O2. The largest absolute Gasteiger partial charge is 0.497 e. The van der Waals surface area contributed by atoms with Crippen molar-refractivity contribution in [1.82, 2.24) is 19.5 Å². The average molecular weight is 407 g/mol. The van der Waals surface area contributed by atoms with E-state index in [2.05, 4.69) is 29.3 Å². The number of piperidine rings is 1. The molecule has 4 heterocycles. The van der Waals surface area contributed by atoms with Gasteiger partial charge in [-0.2, -0.15) is 5.10 Å². The fourth-order valence-electron chi connectivity index (χ4n) is 4.71. The van der Waals surface area contributed by atoms with E-state index in [4.69, 9.17) is 19.6 Å². The fourth-order valence-corrected chi connectivity index (χ4v) is 4.71. The number of benzene rings is 1. The van der Waals surface area contributed by atoms with Gasteiger partial charge in [0.1, 0.15) is 5.75 Å². The maximum absolute atomic E-state index is 5.50. The second kappa shape index (κ2) is 8.74. The van der Waals surface area contributed by atoms with Crippen LogP contribution in [0.3, 0.4) is 0 Å². The van der Waals surface area contributed by atoms with Crippen molar-refractivity contribution in [2.75, 3.05) is 40.0 Å². The van der Waals surface area contributed by atoms with Crippen LogP contribution in [0.25, 0.3) is 16.8 Å². The van der Waals surface area contributed by atoms with Crippen molar-refractivity contribution in [3.05, 3.63) is 48.4 Å². The predicted octanol–water partition coefficient (Wildman–Crippen LogP) is 4.01. The van der Waals surface area contributed by atoms with Crippen LogP contribution in [0.5, 0.6) is 5.75 Å². The highest BCUT2D eigenvalue weighted by atomic mass is 16.5. The highest BCUT2D eigenvalue weighted by Crippen LogP contribution is 2.29. The van der Waals surface area contributed by atoms with E-state index >= 15 is 0 Å². The van der Waals surface area contributed by atoms with Crippen molar-refractivity contribution in [2.45, 2.75) is 31.6 Å². The zero-order valence-corrected chi connectivity index (χ0v) is 17.7. The van der Waals surface area contributed by atoms with Gasteiger partial charge in [0.2, 0.25) is 0 Å². The van der Waals surface area contributed by atoms with Gasteiger partial charge in [0.15, 0.2) is 11.5 Å². The van der Waals surface area contributed by atoms with E-state index in [9.17, 15) is 0 Å². The lowest BCUT2D eigenvalue weighted by Crippen LogP contribution is -2.38. The Hall–Kier alpha value is -2.44. The van der Waals surface area contributed by atoms with E-state index in [1.54, 1.807) is 7.11 Å². The highest BCUT2D eigenvalue weighted by molar-refractivity contribution is 5.65. The smallest absolute Gasteiger partial charge is 0.155 e. The number of aromatic nitrogens is 3. The van der Waals surface area contributed by atoms with Gasteiger partial charge >= 0.3 is 0 Å². The van der Waals surface area contributed by atoms with Crippen molar-refractivity contribution in [3.8, 4) is 16.9 Å². The number of methoxy groups -OCH3 is 1. The summed E-state index contributed by atoms with van der Waals surface area (Å²) in [6, 6.07) is 12.3. The molecule has 2 saturated heterocycles. The number of hydrogen-bond donors (Lipinski definition) is 0. The Morgan fingerprint density at radius 3 is 2.67 bits per heavy atom. The van der Waals surface area contributed by atoms with Crippen LogP contribution < -0.4 is 4.74 Å². The first-order valence-electron chi connectivity index (χ1n) is 11.1. The lowest BCUT2D eigenvalue weighted by atomic mass is 9.93. The monoisotopic (exact) mass is 406 g/mol. The van der Waals surface area contributed by atoms with Crippen LogP contribution in [0.1, 0.15) is 37.4 Å². The van der Waals surface area contributed by atoms with Crippen molar-refractivity contribution in [3.63, 3.8) is 0 Å². The van der Waals surface area contributed by atoms with Gasteiger partial charge in [0.25, 0.3) is 0 Å². The van der Waals surface area contributed by atoms with Crippen molar-refractivity contribution >= 4 is 5.65 Å². The molecule has 0 atom stereocenters. The number of likely N-dealkylation sites (tertiary alicyclic amines) is 1. The fraction of sp³-hybridized carbons (Fsp3) is 0.500. The molecule has 2 fully saturated rings. The van der Waals surface area contributed by atoms with Crippen LogP contribution in [-0.4, -0.2) is 59.5 Å². The number of nitrogens with zero attached hydrogens (tertiary/aromatic N) is 4. The molecule has 1 aromatic carbocycles. The van der Waals surface area contributed by atoms with E-state index in [-0.39, 0.29) is 0 Å². The summed E-state index contributed by atoms with van der Waals surface area (Å²) in [6.45, 7) is 5.38. The first-order valence-corrected chi connectivity index (χ1v) is 11.1. The molecule has 2 aliphatic heterocycles. The molecule has 6 nitrogen and oxygen atoms in total. The molecule has 5 rings (SSSR count). The Bertz CT molecular complexity index is 988. The van der Waals surface area contributed by atoms with Gasteiger partial charge < -0.3 is 14.4 Å². The molecule has 0 unspecified atom stereocenters. The minimum absolute atomic E-state index is 0.455. The van der Waals surface area contributed by atoms with Crippen LogP contribution in [-0.2, 0) is 4.74 Å². The Labute approximate surface area is 177 Å². The zero-order chi connectivity index (χ0) is 20.3. The molecule has 0 radical (unpaired) electrons. The third-order valence-electron chi connectivity index (χ3n) is 6.56. The molecule has 0 spiro atoms. The standard InChI is InChI=1S/C24H30N4O2/c1-29-22-4-2-3-20(15-22)21-5-6-23-25-24(26-28(23)17-21)19-7-11-27(12-8-19)16-18-9-13-30-14-10-18/h2-6,15,17-19H,7-14,16H2,1H3. The molecule has 0 bridgehead atoms. The van der Waals surface area contributed by atoms with Crippen molar-refractivity contribution in [2.24, 2.45) is 5.92 Å². The number of hydrogen-bond acceptors (Lipinski definition) is 5. The van der Waals surface area contributed by atoms with Gasteiger partial charge in [-0.15, -0.1) is 0 Å². The van der Waals surface area contributed by atoms with Gasteiger partial charge in [-0.25, -0.2) is 9.50 Å². The highest BCUT2D eigenvalue weighted by Gasteiger charge is 2.26. The minimum atomic E-state index is 0.455. The third kappa shape index (κ3) is 4.20. The van der Waals surface area contributed by atoms with Crippen LogP contribution >= 0.6 is 0 Å². The zero-order valence-electron chi connectivity index (χ0n) is 17.7. The number of fused-ring (bicyclic) bond motifs is 1. The maximum atomic E-state index is 5.50. The van der Waals surface area contributed by atoms with Gasteiger partial charge in [-0.1, -0.05) is 12.1 Å². The lowest BCUT2D eigenvalue weighted by molar-refractivity contribution is 0.0486. The molecule has 158 valence electrons. The molecule has 0 aliphatic carbocycles. The summed E-state index contributed by atoms with van der Waals surface area (Å²) in [5.74, 6) is 3.11. The van der Waals surface area contributed by atoms with Crippen LogP contribution in [0, 0.1) is 5.92 Å². The van der Waals surface area contributed by atoms with E-state index in [1.165, 1.54) is 19.4 Å². The molecule has 2 aromatic heterocycles. The molecule has 6 heteroatoms. The molecule has 3 aromatic rings. The van der Waals surface area contributed by atoms with Crippen LogP contribution in [0.2, 0.25) is 0 Å². The van der Waals surface area contributed by atoms with Gasteiger partial charge in [-0.3, -0.25) is 0 Å². The van der Waals surface area contributed by atoms with E-state index in [0.29, 0.717) is 5.92 Å². The molecular weight excluding hydrogens is 376 g/mol. The van der Waals surface area contributed by atoms with E-state index in [1.807, 2.05) is 22.7 Å². The predicted molar refractivity (Wildman–Crippen MR) is 117 cm³/mol. The number of ether oxygens (including phenoxy) is 2. The molecule has 2 aliphatic rings. The molecule has 30 heavy (non-hydrogen) atoms. The Morgan fingerprint density at radius 1 is 1.03 bits per heavy atom. The first-order chi connectivity index (χ1) is 14.8. The van der Waals surface area contributed by atoms with Gasteiger partial charge in [-0.05, 0) is 74.5 Å². The number of rotatable bonds is 5. The summed E-state index contributed by atoms with van der Waals surface area (Å²) >= 11 is 0.